The van der Waals surface area contributed by atoms with Crippen LogP contribution < -0.4 is 21.3 Å². The number of hydrogen-bond acceptors (Lipinski definition) is 8. The number of carboxylic acid groups (broad SMARTS) is 1. The Hall–Kier alpha value is -6.81. The van der Waals surface area contributed by atoms with Crippen molar-refractivity contribution in [1.82, 2.24) is 15.1 Å². The van der Waals surface area contributed by atoms with E-state index < -0.39 is 59.8 Å². The van der Waals surface area contributed by atoms with Crippen molar-refractivity contribution in [2.24, 2.45) is 5.92 Å². The van der Waals surface area contributed by atoms with Crippen LogP contribution in [-0.4, -0.2) is 83.1 Å². The molecule has 2 heterocycles. The summed E-state index contributed by atoms with van der Waals surface area (Å²) in [6.07, 6.45) is -1.11. The van der Waals surface area contributed by atoms with Gasteiger partial charge in [-0.25, -0.2) is 14.0 Å². The van der Waals surface area contributed by atoms with Crippen LogP contribution in [-0.2, 0) is 37.0 Å². The number of likely N-dealkylation sites (N-methyl/N-ethyl adjacent to an activating group) is 1. The Labute approximate surface area is 333 Å². The van der Waals surface area contributed by atoms with E-state index in [-0.39, 0.29) is 30.3 Å². The van der Waals surface area contributed by atoms with Gasteiger partial charge in [-0.05, 0) is 84.8 Å². The Morgan fingerprint density at radius 2 is 1.53 bits per heavy atom. The molecule has 0 bridgehead atoms. The molecule has 1 saturated heterocycles. The van der Waals surface area contributed by atoms with Crippen LogP contribution in [0.25, 0.3) is 0 Å². The van der Waals surface area contributed by atoms with Crippen molar-refractivity contribution in [2.75, 3.05) is 36.2 Å². The maximum Gasteiger partial charge on any atom is 0.411 e. The van der Waals surface area contributed by atoms with Gasteiger partial charge in [0.25, 0.3) is 11.8 Å². The Morgan fingerprint density at radius 3 is 2.22 bits per heavy atom. The van der Waals surface area contributed by atoms with Crippen LogP contribution in [0.5, 0.6) is 0 Å². The van der Waals surface area contributed by atoms with Crippen molar-refractivity contribution in [3.8, 4) is 0 Å². The van der Waals surface area contributed by atoms with E-state index in [4.69, 9.17) is 9.47 Å². The molecule has 1 fully saturated rings. The Kier molecular flexibility index (Phi) is 13.0. The highest BCUT2D eigenvalue weighted by atomic mass is 19.1. The van der Waals surface area contributed by atoms with Gasteiger partial charge < -0.3 is 35.4 Å². The fourth-order valence-electron chi connectivity index (χ4n) is 6.78. The lowest BCUT2D eigenvalue weighted by Gasteiger charge is -2.35. The van der Waals surface area contributed by atoms with Gasteiger partial charge in [0.05, 0.1) is 5.69 Å². The Bertz CT molecular complexity index is 2160. The van der Waals surface area contributed by atoms with Crippen molar-refractivity contribution < 1.29 is 47.7 Å². The largest absolute Gasteiger partial charge is 0.465 e. The van der Waals surface area contributed by atoms with E-state index in [2.05, 4.69) is 21.3 Å². The minimum Gasteiger partial charge on any atom is -0.465 e. The number of fused-ring (bicyclic) bond motifs is 1. The molecule has 5 N–H and O–H groups in total. The molecule has 0 radical (unpaired) electrons. The van der Waals surface area contributed by atoms with Crippen molar-refractivity contribution in [2.45, 2.75) is 51.0 Å². The standard InChI is InChI=1S/C42H43FN6O9/c1-25(48(2)42(55)56)37(50)47-35(27-18-20-57-21-19-27)40(53)49-23-29-10-6-7-11-32(29)36(49)39(52)46-34-22-28(12-17-33(34)43)38(51)44-30-13-15-31(16-14-30)45-41(54)58-24-26-8-4-3-5-9-26/h3-17,22,25,27,35-36H,18-21,23-24H2,1-2H3,(H,44,51)(H,45,54)(H,46,52)(H,47,50)(H,55,56)/t25-,35-,36-/m0/s1. The molecule has 16 heteroatoms. The summed E-state index contributed by atoms with van der Waals surface area (Å²) >= 11 is 0. The maximum absolute atomic E-state index is 15.3. The first-order chi connectivity index (χ1) is 27.9. The topological polar surface area (TPSA) is 196 Å². The summed E-state index contributed by atoms with van der Waals surface area (Å²) in [5.41, 5.74) is 2.51. The molecule has 4 aromatic rings. The molecule has 3 atom stereocenters. The summed E-state index contributed by atoms with van der Waals surface area (Å²) in [5.74, 6) is -3.82. The zero-order chi connectivity index (χ0) is 41.3. The highest BCUT2D eigenvalue weighted by Gasteiger charge is 2.44. The monoisotopic (exact) mass is 794 g/mol. The molecule has 0 aromatic heterocycles. The predicted molar refractivity (Wildman–Crippen MR) is 210 cm³/mol. The number of carbonyl (C=O) groups is 6. The zero-order valence-corrected chi connectivity index (χ0v) is 31.8. The second kappa shape index (κ2) is 18.4. The summed E-state index contributed by atoms with van der Waals surface area (Å²) in [7, 11) is 1.25. The van der Waals surface area contributed by atoms with Crippen molar-refractivity contribution in [1.29, 1.82) is 0 Å². The first kappa shape index (κ1) is 40.8. The molecule has 15 nitrogen and oxygen atoms in total. The van der Waals surface area contributed by atoms with Crippen LogP contribution in [0.3, 0.4) is 0 Å². The lowest BCUT2D eigenvalue weighted by molar-refractivity contribution is -0.144. The van der Waals surface area contributed by atoms with E-state index in [0.29, 0.717) is 48.6 Å². The number of carbonyl (C=O) groups excluding carboxylic acids is 5. The molecule has 0 spiro atoms. The van der Waals surface area contributed by atoms with Crippen LogP contribution in [0.4, 0.5) is 31.0 Å². The number of nitrogens with one attached hydrogen (secondary N) is 4. The minimum absolute atomic E-state index is 0.0153. The van der Waals surface area contributed by atoms with Gasteiger partial charge in [0.2, 0.25) is 11.8 Å². The molecule has 4 aromatic carbocycles. The molecule has 302 valence electrons. The molecule has 2 aliphatic rings. The highest BCUT2D eigenvalue weighted by Crippen LogP contribution is 2.37. The molecule has 6 rings (SSSR count). The maximum atomic E-state index is 15.3. The predicted octanol–water partition coefficient (Wildman–Crippen LogP) is 5.76. The van der Waals surface area contributed by atoms with Gasteiger partial charge in [-0.2, -0.15) is 0 Å². The van der Waals surface area contributed by atoms with Crippen LogP contribution >= 0.6 is 0 Å². The van der Waals surface area contributed by atoms with Gasteiger partial charge in [0.1, 0.15) is 30.5 Å². The molecule has 58 heavy (non-hydrogen) atoms. The second-order valence-electron chi connectivity index (χ2n) is 14.0. The molecule has 6 amide bonds. The minimum atomic E-state index is -1.32. The number of halogens is 1. The number of anilines is 3. The third-order valence-corrected chi connectivity index (χ3v) is 10.2. The normalized spacial score (nSPS) is 15.9. The van der Waals surface area contributed by atoms with E-state index >= 15 is 4.39 Å². The average molecular weight is 795 g/mol. The Balaban J connectivity index is 1.15. The average Bonchev–Trinajstić information content (AvgIpc) is 3.63. The molecule has 0 aliphatic carbocycles. The number of ether oxygens (including phenoxy) is 2. The van der Waals surface area contributed by atoms with Crippen molar-refractivity contribution in [3.63, 3.8) is 0 Å². The zero-order valence-electron chi connectivity index (χ0n) is 31.8. The van der Waals surface area contributed by atoms with Crippen LogP contribution in [0, 0.1) is 11.7 Å². The van der Waals surface area contributed by atoms with Crippen molar-refractivity contribution >= 4 is 52.9 Å². The van der Waals surface area contributed by atoms with Crippen LogP contribution in [0.1, 0.15) is 52.9 Å². The third-order valence-electron chi connectivity index (χ3n) is 10.2. The SMILES string of the molecule is C[C@@H](C(=O)N[C@H](C(=O)N1Cc2ccccc2[C@H]1C(=O)Nc1cc(C(=O)Nc2ccc(NC(=O)OCc3ccccc3)cc2)ccc1F)C1CCOCC1)N(C)C(=O)O. The van der Waals surface area contributed by atoms with E-state index in [1.54, 1.807) is 48.5 Å². The lowest BCUT2D eigenvalue weighted by atomic mass is 9.90. The lowest BCUT2D eigenvalue weighted by Crippen LogP contribution is -2.57. The first-order valence-corrected chi connectivity index (χ1v) is 18.6. The summed E-state index contributed by atoms with van der Waals surface area (Å²) in [6.45, 7) is 2.20. The molecule has 2 aliphatic heterocycles. The van der Waals surface area contributed by atoms with E-state index in [1.165, 1.54) is 31.0 Å². The van der Waals surface area contributed by atoms with Gasteiger partial charge >= 0.3 is 12.2 Å². The number of benzene rings is 4. The number of rotatable bonds is 12. The van der Waals surface area contributed by atoms with Gasteiger partial charge in [-0.15, -0.1) is 0 Å². The summed E-state index contributed by atoms with van der Waals surface area (Å²) in [5, 5.41) is 20.1. The van der Waals surface area contributed by atoms with Crippen LogP contribution in [0.2, 0.25) is 0 Å². The van der Waals surface area contributed by atoms with E-state index in [0.717, 1.165) is 16.5 Å². The van der Waals surface area contributed by atoms with Crippen LogP contribution in [0.15, 0.2) is 97.1 Å². The molecular weight excluding hydrogens is 751 g/mol. The quantitative estimate of drug-likeness (QED) is 0.119. The fourth-order valence-corrected chi connectivity index (χ4v) is 6.78. The van der Waals surface area contributed by atoms with E-state index in [9.17, 15) is 33.9 Å². The second-order valence-corrected chi connectivity index (χ2v) is 14.0. The number of hydrogen-bond donors (Lipinski definition) is 5. The van der Waals surface area contributed by atoms with Gasteiger partial charge in [-0.3, -0.25) is 29.4 Å². The first-order valence-electron chi connectivity index (χ1n) is 18.6. The van der Waals surface area contributed by atoms with Gasteiger partial charge in [0.15, 0.2) is 0 Å². The smallest absolute Gasteiger partial charge is 0.411 e. The molecular formula is C42H43FN6O9. The Morgan fingerprint density at radius 1 is 0.879 bits per heavy atom. The third kappa shape index (κ3) is 9.76. The van der Waals surface area contributed by atoms with Gasteiger partial charge in [-0.1, -0.05) is 54.6 Å². The summed E-state index contributed by atoms with van der Waals surface area (Å²) < 4.78 is 26.0. The fraction of sp³-hybridized carbons (Fsp3) is 0.286. The van der Waals surface area contributed by atoms with E-state index in [1.807, 2.05) is 30.3 Å². The van der Waals surface area contributed by atoms with Crippen molar-refractivity contribution in [3.05, 3.63) is 125 Å². The molecule has 0 unspecified atom stereocenters. The summed E-state index contributed by atoms with van der Waals surface area (Å²) in [4.78, 5) is 81.2. The summed E-state index contributed by atoms with van der Waals surface area (Å²) in [6, 6.07) is 22.4. The highest BCUT2D eigenvalue weighted by molar-refractivity contribution is 6.06. The van der Waals surface area contributed by atoms with Gasteiger partial charge in [0, 0.05) is 43.7 Å². The number of nitrogens with zero attached hydrogens (tertiary/aromatic N) is 2. The molecule has 0 saturated carbocycles. The number of amides is 6.